The average molecular weight is 390 g/mol. The number of rotatable bonds is 8. The first-order valence-electron chi connectivity index (χ1n) is 9.52. The van der Waals surface area contributed by atoms with Crippen LogP contribution in [0.3, 0.4) is 0 Å². The number of nitrogens with zero attached hydrogens (tertiary/aromatic N) is 4. The lowest BCUT2D eigenvalue weighted by atomic mass is 10.1. The number of hydrogen-bond acceptors (Lipinski definition) is 5. The van der Waals surface area contributed by atoms with E-state index in [9.17, 15) is 4.39 Å². The fourth-order valence-corrected chi connectivity index (χ4v) is 3.06. The van der Waals surface area contributed by atoms with Crippen LogP contribution in [0, 0.1) is 5.82 Å². The second-order valence-electron chi connectivity index (χ2n) is 6.51. The van der Waals surface area contributed by atoms with Crippen molar-refractivity contribution in [3.63, 3.8) is 0 Å². The molecule has 0 fully saturated rings. The van der Waals surface area contributed by atoms with Gasteiger partial charge in [0.1, 0.15) is 30.6 Å². The minimum Gasteiger partial charge on any atom is -0.492 e. The van der Waals surface area contributed by atoms with Crippen molar-refractivity contribution in [3.8, 4) is 5.75 Å². The molecular weight excluding hydrogens is 363 g/mol. The van der Waals surface area contributed by atoms with E-state index in [4.69, 9.17) is 9.47 Å². The van der Waals surface area contributed by atoms with Gasteiger partial charge in [-0.3, -0.25) is 0 Å². The van der Waals surface area contributed by atoms with Gasteiger partial charge in [-0.1, -0.05) is 6.07 Å². The van der Waals surface area contributed by atoms with Crippen LogP contribution in [0.15, 0.2) is 29.3 Å². The summed E-state index contributed by atoms with van der Waals surface area (Å²) >= 11 is 0. The van der Waals surface area contributed by atoms with Crippen molar-refractivity contribution in [3.05, 3.63) is 41.7 Å². The zero-order valence-electron chi connectivity index (χ0n) is 16.3. The summed E-state index contributed by atoms with van der Waals surface area (Å²) < 4.78 is 25.8. The maximum Gasteiger partial charge on any atom is 0.191 e. The third-order valence-corrected chi connectivity index (χ3v) is 4.29. The van der Waals surface area contributed by atoms with Crippen molar-refractivity contribution in [2.45, 2.75) is 39.0 Å². The highest BCUT2D eigenvalue weighted by molar-refractivity contribution is 5.80. The Morgan fingerprint density at radius 1 is 1.43 bits per heavy atom. The van der Waals surface area contributed by atoms with Crippen molar-refractivity contribution < 1.29 is 13.9 Å². The molecule has 9 heteroatoms. The molecule has 1 aromatic carbocycles. The Balaban J connectivity index is 1.51. The predicted octanol–water partition coefficient (Wildman–Crippen LogP) is 1.51. The van der Waals surface area contributed by atoms with E-state index < -0.39 is 0 Å². The summed E-state index contributed by atoms with van der Waals surface area (Å²) in [6.07, 6.45) is 1.81. The number of ether oxygens (including phenoxy) is 2. The summed E-state index contributed by atoms with van der Waals surface area (Å²) in [5, 5.41) is 11.2. The van der Waals surface area contributed by atoms with Gasteiger partial charge in [0.25, 0.3) is 0 Å². The first-order chi connectivity index (χ1) is 13.7. The number of halogens is 1. The van der Waals surface area contributed by atoms with Gasteiger partial charge in [-0.2, -0.15) is 5.10 Å². The van der Waals surface area contributed by atoms with Gasteiger partial charge < -0.3 is 20.1 Å². The maximum atomic E-state index is 13.2. The smallest absolute Gasteiger partial charge is 0.191 e. The van der Waals surface area contributed by atoms with Crippen LogP contribution in [-0.2, 0) is 24.3 Å². The Hall–Kier alpha value is -2.68. The number of fused-ring (bicyclic) bond motifs is 1. The number of nitrogens with one attached hydrogen (secondary N) is 2. The van der Waals surface area contributed by atoms with Gasteiger partial charge in [-0.05, 0) is 25.5 Å². The van der Waals surface area contributed by atoms with Crippen molar-refractivity contribution >= 4 is 5.96 Å². The summed E-state index contributed by atoms with van der Waals surface area (Å²) in [6.45, 7) is 4.77. The summed E-state index contributed by atoms with van der Waals surface area (Å²) in [4.78, 5) is 9.04. The first-order valence-corrected chi connectivity index (χ1v) is 9.52. The Labute approximate surface area is 164 Å². The van der Waals surface area contributed by atoms with E-state index in [-0.39, 0.29) is 11.9 Å². The number of aromatic nitrogens is 3. The van der Waals surface area contributed by atoms with Crippen LogP contribution in [0.1, 0.15) is 25.0 Å². The third kappa shape index (κ3) is 5.66. The number of benzene rings is 1. The van der Waals surface area contributed by atoms with Gasteiger partial charge in [-0.15, -0.1) is 0 Å². The Bertz CT molecular complexity index is 794. The second-order valence-corrected chi connectivity index (χ2v) is 6.51. The van der Waals surface area contributed by atoms with Gasteiger partial charge in [-0.25, -0.2) is 19.0 Å². The van der Waals surface area contributed by atoms with E-state index in [1.165, 1.54) is 12.1 Å². The molecule has 2 heterocycles. The van der Waals surface area contributed by atoms with Crippen molar-refractivity contribution in [1.29, 1.82) is 0 Å². The number of methoxy groups -OCH3 is 1. The molecule has 0 amide bonds. The molecule has 3 rings (SSSR count). The standard InChI is InChI=1S/C19H27FN6O2/c1-3-21-19(22-9-10-28-16-6-4-5-14(20)11-16)23-15-7-8-18-24-17(13-27-2)25-26(18)12-15/h4-6,11,15H,3,7-10,12-13H2,1-2H3,(H2,21,22,23). The van der Waals surface area contributed by atoms with Gasteiger partial charge in [0.15, 0.2) is 11.8 Å². The summed E-state index contributed by atoms with van der Waals surface area (Å²) in [7, 11) is 1.64. The highest BCUT2D eigenvalue weighted by atomic mass is 19.1. The third-order valence-electron chi connectivity index (χ3n) is 4.29. The molecule has 1 unspecified atom stereocenters. The van der Waals surface area contributed by atoms with E-state index in [0.29, 0.717) is 31.3 Å². The predicted molar refractivity (Wildman–Crippen MR) is 104 cm³/mol. The van der Waals surface area contributed by atoms with Crippen LogP contribution in [-0.4, -0.2) is 53.6 Å². The minimum absolute atomic E-state index is 0.214. The average Bonchev–Trinajstić information content (AvgIpc) is 3.07. The summed E-state index contributed by atoms with van der Waals surface area (Å²) in [5.74, 6) is 2.64. The van der Waals surface area contributed by atoms with Crippen molar-refractivity contribution in [2.24, 2.45) is 4.99 Å². The molecule has 2 aromatic rings. The number of guanidine groups is 1. The highest BCUT2D eigenvalue weighted by Gasteiger charge is 2.22. The molecule has 0 radical (unpaired) electrons. The Morgan fingerprint density at radius 2 is 2.32 bits per heavy atom. The van der Waals surface area contributed by atoms with Crippen LogP contribution in [0.2, 0.25) is 0 Å². The van der Waals surface area contributed by atoms with E-state index >= 15 is 0 Å². The number of aliphatic imine (C=N–C) groups is 1. The zero-order valence-corrected chi connectivity index (χ0v) is 16.3. The summed E-state index contributed by atoms with van der Waals surface area (Å²) in [5.41, 5.74) is 0. The van der Waals surface area contributed by atoms with Gasteiger partial charge in [0.2, 0.25) is 0 Å². The molecule has 1 atom stereocenters. The molecule has 1 aliphatic heterocycles. The molecule has 28 heavy (non-hydrogen) atoms. The molecule has 0 saturated heterocycles. The highest BCUT2D eigenvalue weighted by Crippen LogP contribution is 2.14. The minimum atomic E-state index is -0.311. The topological polar surface area (TPSA) is 85.6 Å². The normalized spacial score (nSPS) is 16.5. The quantitative estimate of drug-likeness (QED) is 0.404. The van der Waals surface area contributed by atoms with Crippen molar-refractivity contribution in [1.82, 2.24) is 25.4 Å². The molecule has 2 N–H and O–H groups in total. The monoisotopic (exact) mass is 390 g/mol. The number of aryl methyl sites for hydroxylation is 1. The molecule has 1 aromatic heterocycles. The molecule has 0 aliphatic carbocycles. The first kappa shape index (κ1) is 20.1. The molecule has 0 saturated carbocycles. The van der Waals surface area contributed by atoms with E-state index in [2.05, 4.69) is 25.7 Å². The molecular formula is C19H27FN6O2. The van der Waals surface area contributed by atoms with Crippen molar-refractivity contribution in [2.75, 3.05) is 26.8 Å². The van der Waals surface area contributed by atoms with Crippen LogP contribution < -0.4 is 15.4 Å². The second kappa shape index (κ2) is 10.0. The van der Waals surface area contributed by atoms with E-state index in [1.807, 2.05) is 11.6 Å². The SMILES string of the molecule is CCNC(=NCCOc1cccc(F)c1)NC1CCc2nc(COC)nn2C1. The van der Waals surface area contributed by atoms with Gasteiger partial charge >= 0.3 is 0 Å². The van der Waals surface area contributed by atoms with Gasteiger partial charge in [0, 0.05) is 32.2 Å². The lowest BCUT2D eigenvalue weighted by molar-refractivity contribution is 0.177. The fraction of sp³-hybridized carbons (Fsp3) is 0.526. The van der Waals surface area contributed by atoms with Crippen LogP contribution >= 0.6 is 0 Å². The van der Waals surface area contributed by atoms with Crippen LogP contribution in [0.5, 0.6) is 5.75 Å². The fourth-order valence-electron chi connectivity index (χ4n) is 3.06. The molecule has 152 valence electrons. The molecule has 8 nitrogen and oxygen atoms in total. The van der Waals surface area contributed by atoms with E-state index in [1.54, 1.807) is 19.2 Å². The lowest BCUT2D eigenvalue weighted by Crippen LogP contribution is -2.47. The molecule has 0 bridgehead atoms. The molecule has 1 aliphatic rings. The lowest BCUT2D eigenvalue weighted by Gasteiger charge is -2.25. The van der Waals surface area contributed by atoms with Gasteiger partial charge in [0.05, 0.1) is 13.1 Å². The van der Waals surface area contributed by atoms with E-state index in [0.717, 1.165) is 37.7 Å². The Kier molecular flexibility index (Phi) is 7.18. The maximum absolute atomic E-state index is 13.2. The van der Waals surface area contributed by atoms with Crippen LogP contribution in [0.25, 0.3) is 0 Å². The Morgan fingerprint density at radius 3 is 3.11 bits per heavy atom. The summed E-state index contributed by atoms with van der Waals surface area (Å²) in [6, 6.07) is 6.32. The zero-order chi connectivity index (χ0) is 19.8. The largest absolute Gasteiger partial charge is 0.492 e. The molecule has 0 spiro atoms. The number of hydrogen-bond donors (Lipinski definition) is 2. The van der Waals surface area contributed by atoms with Crippen LogP contribution in [0.4, 0.5) is 4.39 Å².